The zero-order valence-corrected chi connectivity index (χ0v) is 9.99. The van der Waals surface area contributed by atoms with E-state index in [1.54, 1.807) is 6.33 Å². The molecular weight excluding hydrogens is 208 g/mol. The van der Waals surface area contributed by atoms with Crippen molar-refractivity contribution < 1.29 is 0 Å². The summed E-state index contributed by atoms with van der Waals surface area (Å²) in [5.41, 5.74) is 7.17. The molecule has 3 aromatic rings. The second-order valence-corrected chi connectivity index (χ2v) is 4.40. The van der Waals surface area contributed by atoms with E-state index in [9.17, 15) is 0 Å². The average molecular weight is 222 g/mol. The van der Waals surface area contributed by atoms with E-state index in [4.69, 9.17) is 0 Å². The molecule has 84 valence electrons. The third-order valence-electron chi connectivity index (χ3n) is 3.27. The number of aromatic amines is 1. The van der Waals surface area contributed by atoms with Crippen LogP contribution in [-0.4, -0.2) is 9.97 Å². The van der Waals surface area contributed by atoms with Crippen molar-refractivity contribution in [2.75, 3.05) is 0 Å². The van der Waals surface area contributed by atoms with Crippen LogP contribution in [0.2, 0.25) is 0 Å². The number of nitrogens with one attached hydrogen (secondary N) is 1. The Labute approximate surface area is 100 Å². The van der Waals surface area contributed by atoms with E-state index >= 15 is 0 Å². The SMILES string of the molecule is Cc1ccc(-c2cccc3[nH]cnc23)cc1C. The Hall–Kier alpha value is -2.09. The fraction of sp³-hybridized carbons (Fsp3) is 0.133. The summed E-state index contributed by atoms with van der Waals surface area (Å²) in [4.78, 5) is 7.54. The Bertz CT molecular complexity index is 680. The lowest BCUT2D eigenvalue weighted by atomic mass is 9.99. The number of benzene rings is 2. The quantitative estimate of drug-likeness (QED) is 0.665. The van der Waals surface area contributed by atoms with Crippen molar-refractivity contribution in [2.45, 2.75) is 13.8 Å². The topological polar surface area (TPSA) is 28.7 Å². The summed E-state index contributed by atoms with van der Waals surface area (Å²) in [6.45, 7) is 4.28. The standard InChI is InChI=1S/C15H14N2/c1-10-6-7-12(8-11(10)2)13-4-3-5-14-15(13)17-9-16-14/h3-9H,1-2H3,(H,16,17). The number of aromatic nitrogens is 2. The number of para-hydroxylation sites is 1. The van der Waals surface area contributed by atoms with Crippen LogP contribution in [0.25, 0.3) is 22.2 Å². The molecule has 0 bridgehead atoms. The van der Waals surface area contributed by atoms with E-state index in [0.717, 1.165) is 11.0 Å². The largest absolute Gasteiger partial charge is 0.345 e. The number of imidazole rings is 1. The molecule has 0 radical (unpaired) electrons. The van der Waals surface area contributed by atoms with Gasteiger partial charge in [0, 0.05) is 5.56 Å². The van der Waals surface area contributed by atoms with E-state index in [-0.39, 0.29) is 0 Å². The van der Waals surface area contributed by atoms with Crippen LogP contribution < -0.4 is 0 Å². The first kappa shape index (κ1) is 10.1. The van der Waals surface area contributed by atoms with Gasteiger partial charge in [0.15, 0.2) is 0 Å². The molecule has 0 amide bonds. The summed E-state index contributed by atoms with van der Waals surface area (Å²) < 4.78 is 0. The summed E-state index contributed by atoms with van der Waals surface area (Å²) in [5.74, 6) is 0. The summed E-state index contributed by atoms with van der Waals surface area (Å²) in [6.07, 6.45) is 1.75. The van der Waals surface area contributed by atoms with Gasteiger partial charge in [0.1, 0.15) is 0 Å². The van der Waals surface area contributed by atoms with Crippen molar-refractivity contribution in [3.8, 4) is 11.1 Å². The number of H-pyrrole nitrogens is 1. The molecule has 0 aliphatic heterocycles. The van der Waals surface area contributed by atoms with Crippen LogP contribution in [-0.2, 0) is 0 Å². The van der Waals surface area contributed by atoms with Crippen LogP contribution in [0.3, 0.4) is 0 Å². The van der Waals surface area contributed by atoms with E-state index in [1.165, 1.54) is 22.3 Å². The predicted octanol–water partition coefficient (Wildman–Crippen LogP) is 3.85. The molecule has 1 N–H and O–H groups in total. The molecule has 0 saturated heterocycles. The molecule has 2 aromatic carbocycles. The predicted molar refractivity (Wildman–Crippen MR) is 71.0 cm³/mol. The molecule has 3 rings (SSSR count). The highest BCUT2D eigenvalue weighted by Crippen LogP contribution is 2.27. The zero-order chi connectivity index (χ0) is 11.8. The molecular formula is C15H14N2. The molecule has 0 spiro atoms. The van der Waals surface area contributed by atoms with Crippen LogP contribution in [0.15, 0.2) is 42.7 Å². The number of nitrogens with zero attached hydrogens (tertiary/aromatic N) is 1. The van der Waals surface area contributed by atoms with Gasteiger partial charge in [-0.05, 0) is 36.6 Å². The highest BCUT2D eigenvalue weighted by atomic mass is 14.9. The normalized spacial score (nSPS) is 10.9. The molecule has 1 aromatic heterocycles. The first-order valence-electron chi connectivity index (χ1n) is 5.75. The maximum absolute atomic E-state index is 4.39. The number of fused-ring (bicyclic) bond motifs is 1. The van der Waals surface area contributed by atoms with Gasteiger partial charge in [-0.3, -0.25) is 0 Å². The highest BCUT2D eigenvalue weighted by Gasteiger charge is 2.06. The maximum Gasteiger partial charge on any atom is 0.0960 e. The van der Waals surface area contributed by atoms with Crippen molar-refractivity contribution >= 4 is 11.0 Å². The van der Waals surface area contributed by atoms with Crippen LogP contribution in [0.4, 0.5) is 0 Å². The van der Waals surface area contributed by atoms with Crippen molar-refractivity contribution in [2.24, 2.45) is 0 Å². The first-order chi connectivity index (χ1) is 8.25. The zero-order valence-electron chi connectivity index (χ0n) is 9.99. The minimum absolute atomic E-state index is 1.04. The molecule has 0 aliphatic carbocycles. The minimum Gasteiger partial charge on any atom is -0.345 e. The molecule has 1 heterocycles. The van der Waals surface area contributed by atoms with Gasteiger partial charge in [0.25, 0.3) is 0 Å². The fourth-order valence-electron chi connectivity index (χ4n) is 2.11. The minimum atomic E-state index is 1.04. The van der Waals surface area contributed by atoms with E-state index in [0.29, 0.717) is 0 Å². The second kappa shape index (κ2) is 3.74. The van der Waals surface area contributed by atoms with E-state index < -0.39 is 0 Å². The van der Waals surface area contributed by atoms with E-state index in [2.05, 4.69) is 54.1 Å². The fourth-order valence-corrected chi connectivity index (χ4v) is 2.11. The summed E-state index contributed by atoms with van der Waals surface area (Å²) >= 11 is 0. The molecule has 0 unspecified atom stereocenters. The summed E-state index contributed by atoms with van der Waals surface area (Å²) in [7, 11) is 0. The molecule has 0 aliphatic rings. The van der Waals surface area contributed by atoms with Gasteiger partial charge in [-0.25, -0.2) is 4.98 Å². The Morgan fingerprint density at radius 2 is 1.88 bits per heavy atom. The number of aryl methyl sites for hydroxylation is 2. The monoisotopic (exact) mass is 222 g/mol. The molecule has 17 heavy (non-hydrogen) atoms. The Kier molecular flexibility index (Phi) is 2.22. The molecule has 2 nitrogen and oxygen atoms in total. The van der Waals surface area contributed by atoms with Crippen LogP contribution in [0.5, 0.6) is 0 Å². The van der Waals surface area contributed by atoms with Gasteiger partial charge in [-0.2, -0.15) is 0 Å². The van der Waals surface area contributed by atoms with Crippen LogP contribution in [0, 0.1) is 13.8 Å². The molecule has 0 saturated carbocycles. The lowest BCUT2D eigenvalue weighted by Crippen LogP contribution is -1.85. The average Bonchev–Trinajstić information content (AvgIpc) is 2.80. The highest BCUT2D eigenvalue weighted by molar-refractivity contribution is 5.91. The smallest absolute Gasteiger partial charge is 0.0960 e. The molecule has 0 atom stereocenters. The second-order valence-electron chi connectivity index (χ2n) is 4.40. The number of hydrogen-bond acceptors (Lipinski definition) is 1. The molecule has 2 heteroatoms. The van der Waals surface area contributed by atoms with Gasteiger partial charge >= 0.3 is 0 Å². The maximum atomic E-state index is 4.39. The lowest BCUT2D eigenvalue weighted by molar-refractivity contribution is 1.34. The van der Waals surface area contributed by atoms with Gasteiger partial charge in [0.05, 0.1) is 17.4 Å². The summed E-state index contributed by atoms with van der Waals surface area (Å²) in [5, 5.41) is 0. The third-order valence-corrected chi connectivity index (χ3v) is 3.27. The van der Waals surface area contributed by atoms with Crippen LogP contribution >= 0.6 is 0 Å². The van der Waals surface area contributed by atoms with Gasteiger partial charge in [-0.15, -0.1) is 0 Å². The third kappa shape index (κ3) is 1.62. The van der Waals surface area contributed by atoms with Crippen molar-refractivity contribution in [3.63, 3.8) is 0 Å². The number of hydrogen-bond donors (Lipinski definition) is 1. The van der Waals surface area contributed by atoms with Crippen molar-refractivity contribution in [1.29, 1.82) is 0 Å². The van der Waals surface area contributed by atoms with Gasteiger partial charge in [-0.1, -0.05) is 30.3 Å². The van der Waals surface area contributed by atoms with Gasteiger partial charge in [0.2, 0.25) is 0 Å². The Balaban J connectivity index is 2.26. The van der Waals surface area contributed by atoms with E-state index in [1.807, 2.05) is 6.07 Å². The number of rotatable bonds is 1. The molecule has 0 fully saturated rings. The first-order valence-corrected chi connectivity index (χ1v) is 5.75. The Morgan fingerprint density at radius 3 is 2.71 bits per heavy atom. The Morgan fingerprint density at radius 1 is 1.00 bits per heavy atom. The lowest BCUT2D eigenvalue weighted by Gasteiger charge is -2.06. The van der Waals surface area contributed by atoms with Crippen LogP contribution in [0.1, 0.15) is 11.1 Å². The van der Waals surface area contributed by atoms with Crippen molar-refractivity contribution in [3.05, 3.63) is 53.9 Å². The van der Waals surface area contributed by atoms with Crippen molar-refractivity contribution in [1.82, 2.24) is 9.97 Å². The van der Waals surface area contributed by atoms with Gasteiger partial charge < -0.3 is 4.98 Å². The summed E-state index contributed by atoms with van der Waals surface area (Å²) in [6, 6.07) is 12.8.